The summed E-state index contributed by atoms with van der Waals surface area (Å²) in [7, 11) is 0. The van der Waals surface area contributed by atoms with Crippen LogP contribution in [0.4, 0.5) is 10.5 Å². The van der Waals surface area contributed by atoms with Crippen molar-refractivity contribution < 1.29 is 14.6 Å². The highest BCUT2D eigenvalue weighted by Crippen LogP contribution is 2.50. The number of nitrogens with zero attached hydrogens (tertiary/aromatic N) is 3. The van der Waals surface area contributed by atoms with Crippen LogP contribution in [0.2, 0.25) is 0 Å². The minimum absolute atomic E-state index is 0.294. The van der Waals surface area contributed by atoms with Crippen molar-refractivity contribution in [3.63, 3.8) is 0 Å². The van der Waals surface area contributed by atoms with Gasteiger partial charge < -0.3 is 19.6 Å². The van der Waals surface area contributed by atoms with E-state index in [0.717, 1.165) is 16.8 Å². The minimum Gasteiger partial charge on any atom is -0.444 e. The van der Waals surface area contributed by atoms with Gasteiger partial charge in [-0.3, -0.25) is 0 Å². The summed E-state index contributed by atoms with van der Waals surface area (Å²) in [6.07, 6.45) is 0.377. The maximum Gasteiger partial charge on any atom is 0.410 e. The average Bonchev–Trinajstić information content (AvgIpc) is 2.96. The molecule has 0 bridgehead atoms. The number of carbonyl (C=O) groups is 1. The largest absolute Gasteiger partial charge is 0.444 e. The summed E-state index contributed by atoms with van der Waals surface area (Å²) in [6.45, 7) is 7.26. The fourth-order valence-corrected chi connectivity index (χ4v) is 4.71. The smallest absolute Gasteiger partial charge is 0.410 e. The molecule has 0 aromatic heterocycles. The van der Waals surface area contributed by atoms with Crippen LogP contribution in [0.25, 0.3) is 0 Å². The lowest BCUT2D eigenvalue weighted by Gasteiger charge is -2.42. The van der Waals surface area contributed by atoms with Gasteiger partial charge in [0.25, 0.3) is 0 Å². The summed E-state index contributed by atoms with van der Waals surface area (Å²) in [5.74, 6) is 0. The number of benzene rings is 2. The molecule has 1 unspecified atom stereocenters. The predicted molar refractivity (Wildman–Crippen MR) is 119 cm³/mol. The second-order valence-electron chi connectivity index (χ2n) is 9.45. The number of fused-ring (bicyclic) bond motifs is 2. The third kappa shape index (κ3) is 3.98. The van der Waals surface area contributed by atoms with E-state index in [4.69, 9.17) is 10.00 Å². The van der Waals surface area contributed by atoms with Crippen LogP contribution in [0.3, 0.4) is 0 Å². The van der Waals surface area contributed by atoms with Crippen LogP contribution in [0.5, 0.6) is 0 Å². The fourth-order valence-electron chi connectivity index (χ4n) is 4.71. The number of hydrogen-bond donors (Lipinski definition) is 1. The molecular weight excluding hydrogens is 390 g/mol. The molecule has 1 spiro atoms. The highest BCUT2D eigenvalue weighted by molar-refractivity contribution is 5.69. The lowest BCUT2D eigenvalue weighted by atomic mass is 9.73. The van der Waals surface area contributed by atoms with E-state index in [2.05, 4.69) is 18.2 Å². The van der Waals surface area contributed by atoms with E-state index in [9.17, 15) is 9.90 Å². The van der Waals surface area contributed by atoms with E-state index < -0.39 is 17.2 Å². The molecule has 31 heavy (non-hydrogen) atoms. The summed E-state index contributed by atoms with van der Waals surface area (Å²) in [6, 6.07) is 17.8. The summed E-state index contributed by atoms with van der Waals surface area (Å²) >= 11 is 0. The van der Waals surface area contributed by atoms with Crippen molar-refractivity contribution in [2.75, 3.05) is 18.0 Å². The summed E-state index contributed by atoms with van der Waals surface area (Å²) in [5.41, 5.74) is 2.89. The molecule has 0 radical (unpaired) electrons. The van der Waals surface area contributed by atoms with Crippen molar-refractivity contribution in [1.29, 1.82) is 5.26 Å². The van der Waals surface area contributed by atoms with E-state index in [-0.39, 0.29) is 6.09 Å². The molecular formula is C25H29N3O3. The Morgan fingerprint density at radius 2 is 1.81 bits per heavy atom. The number of para-hydroxylation sites is 1. The molecule has 4 rings (SSSR count). The highest BCUT2D eigenvalue weighted by atomic mass is 16.6. The third-order valence-electron chi connectivity index (χ3n) is 6.28. The molecule has 2 heterocycles. The van der Waals surface area contributed by atoms with Gasteiger partial charge in [-0.1, -0.05) is 30.3 Å². The number of aliphatic hydroxyl groups excluding tert-OH is 1. The number of aliphatic hydroxyl groups is 1. The Hall–Kier alpha value is -3.04. The van der Waals surface area contributed by atoms with E-state index in [1.54, 1.807) is 17.0 Å². The molecule has 2 aromatic carbocycles. The average molecular weight is 420 g/mol. The minimum atomic E-state index is -0.679. The first-order valence-corrected chi connectivity index (χ1v) is 10.7. The van der Waals surface area contributed by atoms with Gasteiger partial charge in [0.15, 0.2) is 0 Å². The van der Waals surface area contributed by atoms with Crippen LogP contribution in [-0.2, 0) is 16.7 Å². The second kappa shape index (κ2) is 7.90. The fraction of sp³-hybridized carbons (Fsp3) is 0.440. The van der Waals surface area contributed by atoms with Gasteiger partial charge in [-0.2, -0.15) is 5.26 Å². The molecule has 1 amide bonds. The Bertz CT molecular complexity index is 996. The first kappa shape index (κ1) is 21.2. The first-order chi connectivity index (χ1) is 14.7. The van der Waals surface area contributed by atoms with Crippen LogP contribution in [0, 0.1) is 11.3 Å². The van der Waals surface area contributed by atoms with Gasteiger partial charge in [0.2, 0.25) is 0 Å². The number of ether oxygens (including phenoxy) is 1. The second-order valence-corrected chi connectivity index (χ2v) is 9.45. The molecule has 6 heteroatoms. The van der Waals surface area contributed by atoms with Gasteiger partial charge in [0.1, 0.15) is 11.8 Å². The zero-order chi connectivity index (χ0) is 22.2. The zero-order valence-electron chi connectivity index (χ0n) is 18.3. The van der Waals surface area contributed by atoms with E-state index in [0.29, 0.717) is 38.0 Å². The van der Waals surface area contributed by atoms with Crippen molar-refractivity contribution in [1.82, 2.24) is 4.90 Å². The van der Waals surface area contributed by atoms with Gasteiger partial charge in [-0.25, -0.2) is 4.79 Å². The molecule has 1 atom stereocenters. The van der Waals surface area contributed by atoms with Crippen molar-refractivity contribution >= 4 is 11.8 Å². The lowest BCUT2D eigenvalue weighted by Crippen LogP contribution is -2.53. The van der Waals surface area contributed by atoms with Gasteiger partial charge in [-0.15, -0.1) is 0 Å². The Kier molecular flexibility index (Phi) is 5.40. The number of likely N-dealkylation sites (tertiary alicyclic amines) is 1. The molecule has 2 aliphatic rings. The molecule has 0 saturated carbocycles. The van der Waals surface area contributed by atoms with E-state index in [1.807, 2.05) is 49.9 Å². The summed E-state index contributed by atoms with van der Waals surface area (Å²) < 4.78 is 5.53. The number of piperidine rings is 1. The number of hydrogen-bond acceptors (Lipinski definition) is 5. The summed E-state index contributed by atoms with van der Waals surface area (Å²) in [5, 5.41) is 20.5. The van der Waals surface area contributed by atoms with Gasteiger partial charge in [-0.05, 0) is 62.9 Å². The monoisotopic (exact) mass is 419 g/mol. The molecule has 2 aliphatic heterocycles. The van der Waals surface area contributed by atoms with Crippen LogP contribution in [0.15, 0.2) is 48.5 Å². The topological polar surface area (TPSA) is 76.8 Å². The quantitative estimate of drug-likeness (QED) is 0.791. The molecule has 6 nitrogen and oxygen atoms in total. The van der Waals surface area contributed by atoms with Crippen LogP contribution >= 0.6 is 0 Å². The SMILES string of the molecule is CC(C)(C)OC(=O)N1CCC2(CC1)c1ccccc1N(Cc1ccc(C#N)cc1)C2O. The molecule has 2 aromatic rings. The lowest BCUT2D eigenvalue weighted by molar-refractivity contribution is 0.00166. The predicted octanol–water partition coefficient (Wildman–Crippen LogP) is 4.17. The van der Waals surface area contributed by atoms with E-state index >= 15 is 0 Å². The Morgan fingerprint density at radius 1 is 1.16 bits per heavy atom. The number of rotatable bonds is 2. The maximum atomic E-state index is 12.5. The van der Waals surface area contributed by atoms with Crippen molar-refractivity contribution in [2.24, 2.45) is 0 Å². The third-order valence-corrected chi connectivity index (χ3v) is 6.28. The number of anilines is 1. The maximum absolute atomic E-state index is 12.5. The number of carbonyl (C=O) groups excluding carboxylic acids is 1. The van der Waals surface area contributed by atoms with Gasteiger partial charge in [0.05, 0.1) is 11.6 Å². The Labute approximate surface area is 183 Å². The Balaban J connectivity index is 1.56. The van der Waals surface area contributed by atoms with Crippen LogP contribution in [-0.4, -0.2) is 41.0 Å². The summed E-state index contributed by atoms with van der Waals surface area (Å²) in [4.78, 5) is 16.3. The molecule has 0 aliphatic carbocycles. The van der Waals surface area contributed by atoms with Crippen LogP contribution in [0.1, 0.15) is 50.3 Å². The Morgan fingerprint density at radius 3 is 2.42 bits per heavy atom. The van der Waals surface area contributed by atoms with Crippen LogP contribution < -0.4 is 4.90 Å². The molecule has 162 valence electrons. The van der Waals surface area contributed by atoms with Gasteiger partial charge >= 0.3 is 6.09 Å². The zero-order valence-corrected chi connectivity index (χ0v) is 18.3. The molecule has 1 saturated heterocycles. The normalized spacial score (nSPS) is 19.8. The first-order valence-electron chi connectivity index (χ1n) is 10.7. The van der Waals surface area contributed by atoms with Gasteiger partial charge in [0, 0.05) is 30.7 Å². The number of nitriles is 1. The molecule has 1 N–H and O–H groups in total. The van der Waals surface area contributed by atoms with Crippen molar-refractivity contribution in [3.05, 3.63) is 65.2 Å². The van der Waals surface area contributed by atoms with E-state index in [1.165, 1.54) is 0 Å². The molecule has 1 fully saturated rings. The highest BCUT2D eigenvalue weighted by Gasteiger charge is 2.52. The number of amides is 1. The van der Waals surface area contributed by atoms with Crippen molar-refractivity contribution in [2.45, 2.75) is 57.4 Å². The van der Waals surface area contributed by atoms with Crippen molar-refractivity contribution in [3.8, 4) is 6.07 Å². The standard InChI is InChI=1S/C25H29N3O3/c1-24(2,3)31-23(30)27-14-12-25(13-15-27)20-6-4-5-7-21(20)28(22(25)29)17-19-10-8-18(16-26)9-11-19/h4-11,22,29H,12-15,17H2,1-3H3.